The molecule has 0 radical (unpaired) electrons. The third kappa shape index (κ3) is 2.45. The number of rotatable bonds is 4. The SMILES string of the molecule is CC(Cl)c1nc2ccccc2n1C(C(N)=O)C(C)C. The lowest BCUT2D eigenvalue weighted by atomic mass is 10.0. The fraction of sp³-hybridized carbons (Fsp3) is 0.429. The first-order valence-electron chi connectivity index (χ1n) is 6.33. The van der Waals surface area contributed by atoms with Gasteiger partial charge in [-0.3, -0.25) is 4.79 Å². The number of para-hydroxylation sites is 2. The van der Waals surface area contributed by atoms with Gasteiger partial charge in [0, 0.05) is 0 Å². The molecule has 5 heteroatoms. The van der Waals surface area contributed by atoms with Gasteiger partial charge < -0.3 is 10.3 Å². The third-order valence-electron chi connectivity index (χ3n) is 3.18. The van der Waals surface area contributed by atoms with E-state index in [9.17, 15) is 4.79 Å². The molecule has 1 aromatic heterocycles. The minimum absolute atomic E-state index is 0.0734. The molecule has 0 spiro atoms. The van der Waals surface area contributed by atoms with Crippen molar-refractivity contribution in [1.29, 1.82) is 0 Å². The first-order chi connectivity index (χ1) is 8.93. The van der Waals surface area contributed by atoms with Crippen LogP contribution in [-0.2, 0) is 4.79 Å². The summed E-state index contributed by atoms with van der Waals surface area (Å²) in [5.74, 6) is 0.390. The minimum atomic E-state index is -0.441. The predicted molar refractivity (Wildman–Crippen MR) is 77.1 cm³/mol. The van der Waals surface area contributed by atoms with Crippen molar-refractivity contribution in [1.82, 2.24) is 9.55 Å². The maximum absolute atomic E-state index is 11.8. The van der Waals surface area contributed by atoms with Crippen LogP contribution in [0.25, 0.3) is 11.0 Å². The van der Waals surface area contributed by atoms with Gasteiger partial charge >= 0.3 is 0 Å². The molecule has 2 N–H and O–H groups in total. The molecule has 0 saturated carbocycles. The number of nitrogens with two attached hydrogens (primary N) is 1. The van der Waals surface area contributed by atoms with Gasteiger partial charge in [0.15, 0.2) is 0 Å². The lowest BCUT2D eigenvalue weighted by Gasteiger charge is -2.22. The molecule has 102 valence electrons. The van der Waals surface area contributed by atoms with E-state index in [1.54, 1.807) is 0 Å². The highest BCUT2D eigenvalue weighted by Gasteiger charge is 2.27. The first-order valence-corrected chi connectivity index (χ1v) is 6.77. The monoisotopic (exact) mass is 279 g/mol. The number of primary amides is 1. The molecule has 1 aromatic carbocycles. The maximum atomic E-state index is 11.8. The zero-order chi connectivity index (χ0) is 14.2. The second kappa shape index (κ2) is 5.21. The number of benzene rings is 1. The average Bonchev–Trinajstić information content (AvgIpc) is 2.68. The van der Waals surface area contributed by atoms with Crippen LogP contribution in [0.4, 0.5) is 0 Å². The fourth-order valence-electron chi connectivity index (χ4n) is 2.39. The number of fused-ring (bicyclic) bond motifs is 1. The van der Waals surface area contributed by atoms with Crippen molar-refractivity contribution in [2.75, 3.05) is 0 Å². The molecule has 2 atom stereocenters. The van der Waals surface area contributed by atoms with Crippen molar-refractivity contribution in [2.24, 2.45) is 11.7 Å². The Hall–Kier alpha value is -1.55. The quantitative estimate of drug-likeness (QED) is 0.875. The van der Waals surface area contributed by atoms with Gasteiger partial charge in [0.05, 0.1) is 16.4 Å². The predicted octanol–water partition coefficient (Wildman–Crippen LogP) is 3.02. The van der Waals surface area contributed by atoms with E-state index in [2.05, 4.69) is 4.98 Å². The summed E-state index contributed by atoms with van der Waals surface area (Å²) in [5, 5.41) is -0.284. The molecule has 1 heterocycles. The van der Waals surface area contributed by atoms with Crippen molar-refractivity contribution in [2.45, 2.75) is 32.2 Å². The van der Waals surface area contributed by atoms with Crippen LogP contribution in [0.1, 0.15) is 38.0 Å². The van der Waals surface area contributed by atoms with Crippen LogP contribution in [0.2, 0.25) is 0 Å². The third-order valence-corrected chi connectivity index (χ3v) is 3.38. The average molecular weight is 280 g/mol. The highest BCUT2D eigenvalue weighted by Crippen LogP contribution is 2.30. The molecular formula is C14H18ClN3O. The van der Waals surface area contributed by atoms with Gasteiger partial charge in [0.1, 0.15) is 11.9 Å². The van der Waals surface area contributed by atoms with Crippen molar-refractivity contribution in [3.8, 4) is 0 Å². The standard InChI is InChI=1S/C14H18ClN3O/c1-8(2)12(13(16)19)18-11-7-5-4-6-10(11)17-14(18)9(3)15/h4-9,12H,1-3H3,(H2,16,19). The number of carbonyl (C=O) groups is 1. The van der Waals surface area contributed by atoms with Crippen LogP contribution in [0, 0.1) is 5.92 Å². The molecule has 4 nitrogen and oxygen atoms in total. The number of halogens is 1. The van der Waals surface area contributed by atoms with E-state index in [0.29, 0.717) is 5.82 Å². The van der Waals surface area contributed by atoms with Crippen LogP contribution in [0.3, 0.4) is 0 Å². The Kier molecular flexibility index (Phi) is 3.80. The Labute approximate surface area is 117 Å². The Morgan fingerprint density at radius 3 is 2.47 bits per heavy atom. The minimum Gasteiger partial charge on any atom is -0.368 e. The molecule has 1 amide bonds. The van der Waals surface area contributed by atoms with Crippen molar-refractivity contribution >= 4 is 28.5 Å². The summed E-state index contributed by atoms with van der Waals surface area (Å²) in [4.78, 5) is 16.3. The number of alkyl halides is 1. The highest BCUT2D eigenvalue weighted by atomic mass is 35.5. The van der Waals surface area contributed by atoms with Gasteiger partial charge in [-0.15, -0.1) is 11.6 Å². The van der Waals surface area contributed by atoms with E-state index in [0.717, 1.165) is 11.0 Å². The smallest absolute Gasteiger partial charge is 0.240 e. The van der Waals surface area contributed by atoms with Crippen LogP contribution in [-0.4, -0.2) is 15.5 Å². The van der Waals surface area contributed by atoms with Gasteiger partial charge in [0.25, 0.3) is 0 Å². The number of carbonyl (C=O) groups excluding carboxylic acids is 1. The normalized spacial score (nSPS) is 14.8. The van der Waals surface area contributed by atoms with Crippen molar-refractivity contribution < 1.29 is 4.79 Å². The lowest BCUT2D eigenvalue weighted by Crippen LogP contribution is -2.31. The molecule has 19 heavy (non-hydrogen) atoms. The van der Waals surface area contributed by atoms with E-state index in [1.807, 2.05) is 49.6 Å². The summed E-state index contributed by atoms with van der Waals surface area (Å²) in [6.45, 7) is 5.78. The van der Waals surface area contributed by atoms with Crippen molar-refractivity contribution in [3.63, 3.8) is 0 Å². The zero-order valence-electron chi connectivity index (χ0n) is 11.3. The number of nitrogens with zero attached hydrogens (tertiary/aromatic N) is 2. The number of imidazole rings is 1. The van der Waals surface area contributed by atoms with E-state index in [4.69, 9.17) is 17.3 Å². The molecule has 2 unspecified atom stereocenters. The van der Waals surface area contributed by atoms with E-state index in [1.165, 1.54) is 0 Å². The summed E-state index contributed by atoms with van der Waals surface area (Å²) >= 11 is 6.20. The molecule has 0 aliphatic heterocycles. The maximum Gasteiger partial charge on any atom is 0.240 e. The number of hydrogen-bond acceptors (Lipinski definition) is 2. The van der Waals surface area contributed by atoms with Crippen LogP contribution in [0.5, 0.6) is 0 Å². The summed E-state index contributed by atoms with van der Waals surface area (Å²) in [7, 11) is 0. The van der Waals surface area contributed by atoms with E-state index >= 15 is 0 Å². The largest absolute Gasteiger partial charge is 0.368 e. The van der Waals surface area contributed by atoms with Gasteiger partial charge in [-0.05, 0) is 25.0 Å². The Balaban J connectivity index is 2.74. The van der Waals surface area contributed by atoms with Gasteiger partial charge in [-0.25, -0.2) is 4.98 Å². The molecule has 0 saturated heterocycles. The Morgan fingerprint density at radius 1 is 1.32 bits per heavy atom. The summed E-state index contributed by atoms with van der Waals surface area (Å²) < 4.78 is 1.88. The molecular weight excluding hydrogens is 262 g/mol. The molecule has 0 bridgehead atoms. The van der Waals surface area contributed by atoms with Crippen molar-refractivity contribution in [3.05, 3.63) is 30.1 Å². The number of hydrogen-bond donors (Lipinski definition) is 1. The Morgan fingerprint density at radius 2 is 1.95 bits per heavy atom. The van der Waals surface area contributed by atoms with Crippen LogP contribution in [0.15, 0.2) is 24.3 Å². The van der Waals surface area contributed by atoms with E-state index in [-0.39, 0.29) is 17.2 Å². The highest BCUT2D eigenvalue weighted by molar-refractivity contribution is 6.20. The van der Waals surface area contributed by atoms with E-state index < -0.39 is 6.04 Å². The number of amides is 1. The number of aromatic nitrogens is 2. The molecule has 0 aliphatic rings. The van der Waals surface area contributed by atoms with Crippen LogP contribution < -0.4 is 5.73 Å². The molecule has 2 rings (SSSR count). The van der Waals surface area contributed by atoms with Gasteiger partial charge in [0.2, 0.25) is 5.91 Å². The molecule has 2 aromatic rings. The molecule has 0 aliphatic carbocycles. The Bertz CT molecular complexity index is 604. The fourth-order valence-corrected chi connectivity index (χ4v) is 2.54. The summed E-state index contributed by atoms with van der Waals surface area (Å²) in [5.41, 5.74) is 7.28. The molecule has 0 fully saturated rings. The van der Waals surface area contributed by atoms with Crippen LogP contribution >= 0.6 is 11.6 Å². The van der Waals surface area contributed by atoms with Gasteiger partial charge in [-0.1, -0.05) is 26.0 Å². The summed E-state index contributed by atoms with van der Waals surface area (Å²) in [6.07, 6.45) is 0. The summed E-state index contributed by atoms with van der Waals surface area (Å²) in [6, 6.07) is 7.23. The lowest BCUT2D eigenvalue weighted by molar-refractivity contribution is -0.122. The van der Waals surface area contributed by atoms with Gasteiger partial charge in [-0.2, -0.15) is 0 Å². The second-order valence-corrected chi connectivity index (χ2v) is 5.69. The second-order valence-electron chi connectivity index (χ2n) is 5.04. The zero-order valence-corrected chi connectivity index (χ0v) is 12.1. The first kappa shape index (κ1) is 13.9. The topological polar surface area (TPSA) is 60.9 Å².